The van der Waals surface area contributed by atoms with Crippen LogP contribution in [-0.2, 0) is 11.3 Å². The fourth-order valence-corrected chi connectivity index (χ4v) is 2.45. The largest absolute Gasteiger partial charge is 0.514 e. The number of hydrogen-bond donors (Lipinski definition) is 1. The molecule has 0 spiro atoms. The van der Waals surface area contributed by atoms with Gasteiger partial charge in [-0.15, -0.1) is 0 Å². The first-order chi connectivity index (χ1) is 11.5. The molecule has 0 radical (unpaired) electrons. The first kappa shape index (κ1) is 16.1. The third kappa shape index (κ3) is 3.57. The van der Waals surface area contributed by atoms with Crippen molar-refractivity contribution in [3.8, 4) is 11.5 Å². The number of hydrogen-bond acceptors (Lipinski definition) is 6. The molecule has 7 heteroatoms. The van der Waals surface area contributed by atoms with Gasteiger partial charge in [0.25, 0.3) is 0 Å². The van der Waals surface area contributed by atoms with Crippen LogP contribution in [-0.4, -0.2) is 11.3 Å². The van der Waals surface area contributed by atoms with E-state index in [4.69, 9.17) is 13.9 Å². The van der Waals surface area contributed by atoms with Gasteiger partial charge in [0.15, 0.2) is 0 Å². The summed E-state index contributed by atoms with van der Waals surface area (Å²) in [5.41, 5.74) is 0.0180. The number of para-hydroxylation sites is 1. The number of benzene rings is 2. The summed E-state index contributed by atoms with van der Waals surface area (Å²) in [4.78, 5) is 23.3. The second-order valence-corrected chi connectivity index (χ2v) is 5.70. The van der Waals surface area contributed by atoms with Gasteiger partial charge in [-0.1, -0.05) is 18.2 Å². The van der Waals surface area contributed by atoms with Gasteiger partial charge in [-0.2, -0.15) is 0 Å². The molecule has 0 aliphatic rings. The maximum absolute atomic E-state index is 11.7. The van der Waals surface area contributed by atoms with Gasteiger partial charge in [-0.3, -0.25) is 0 Å². The molecule has 1 N–H and O–H groups in total. The van der Waals surface area contributed by atoms with Crippen LogP contribution in [0.1, 0.15) is 5.56 Å². The van der Waals surface area contributed by atoms with E-state index in [1.54, 1.807) is 36.4 Å². The molecule has 0 fully saturated rings. The quantitative estimate of drug-likeness (QED) is 0.413. The van der Waals surface area contributed by atoms with Crippen LogP contribution in [0.15, 0.2) is 62.2 Å². The summed E-state index contributed by atoms with van der Waals surface area (Å²) in [5.74, 6) is 0.291. The minimum absolute atomic E-state index is 0.0628. The summed E-state index contributed by atoms with van der Waals surface area (Å²) >= 11 is 3.19. The van der Waals surface area contributed by atoms with E-state index in [9.17, 15) is 14.7 Å². The Labute approximate surface area is 144 Å². The summed E-state index contributed by atoms with van der Waals surface area (Å²) in [7, 11) is 0. The fraction of sp³-hybridized carbons (Fsp3) is 0.0588. The van der Waals surface area contributed by atoms with Crippen LogP contribution in [0, 0.1) is 0 Å². The Balaban J connectivity index is 1.81. The van der Waals surface area contributed by atoms with Crippen LogP contribution in [0.4, 0.5) is 4.79 Å². The summed E-state index contributed by atoms with van der Waals surface area (Å²) in [6.07, 6.45) is -0.888. The number of ether oxygens (including phenoxy) is 2. The Bertz CT molecular complexity index is 948. The third-order valence-electron chi connectivity index (χ3n) is 3.19. The molecule has 0 saturated carbocycles. The number of phenols is 1. The number of carbonyl (C=O) groups excluding carboxylic acids is 1. The molecule has 6 nitrogen and oxygen atoms in total. The van der Waals surface area contributed by atoms with E-state index in [0.717, 1.165) is 0 Å². The van der Waals surface area contributed by atoms with Crippen LogP contribution < -0.4 is 10.4 Å². The number of carbonyl (C=O) groups is 1. The number of fused-ring (bicyclic) bond motifs is 1. The summed E-state index contributed by atoms with van der Waals surface area (Å²) in [6.45, 7) is -0.176. The standard InChI is InChI=1S/C17H11BrO6/c18-13-7-12-10(6-16(20)24-15(12)8-14(13)19)9-22-17(21)23-11-4-2-1-3-5-11/h1-8,19H,9H2. The second kappa shape index (κ2) is 6.76. The molecule has 0 aliphatic carbocycles. The lowest BCUT2D eigenvalue weighted by molar-refractivity contribution is 0.0930. The number of rotatable bonds is 3. The highest BCUT2D eigenvalue weighted by atomic mass is 79.9. The van der Waals surface area contributed by atoms with Crippen molar-refractivity contribution in [2.75, 3.05) is 0 Å². The highest BCUT2D eigenvalue weighted by molar-refractivity contribution is 9.10. The normalized spacial score (nSPS) is 10.5. The van der Waals surface area contributed by atoms with Gasteiger partial charge in [0.05, 0.1) is 4.47 Å². The molecule has 0 bridgehead atoms. The number of halogens is 1. The van der Waals surface area contributed by atoms with E-state index in [1.807, 2.05) is 0 Å². The predicted molar refractivity (Wildman–Crippen MR) is 89.1 cm³/mol. The monoisotopic (exact) mass is 390 g/mol. The molecule has 24 heavy (non-hydrogen) atoms. The van der Waals surface area contributed by atoms with E-state index in [0.29, 0.717) is 21.2 Å². The molecule has 0 saturated heterocycles. The zero-order chi connectivity index (χ0) is 17.1. The van der Waals surface area contributed by atoms with E-state index in [2.05, 4.69) is 15.9 Å². The van der Waals surface area contributed by atoms with Crippen molar-refractivity contribution >= 4 is 33.1 Å². The van der Waals surface area contributed by atoms with Crippen molar-refractivity contribution in [1.29, 1.82) is 0 Å². The first-order valence-electron chi connectivity index (χ1n) is 6.88. The van der Waals surface area contributed by atoms with Crippen molar-refractivity contribution < 1.29 is 23.8 Å². The molecule has 3 rings (SSSR count). The lowest BCUT2D eigenvalue weighted by atomic mass is 10.1. The van der Waals surface area contributed by atoms with Gasteiger partial charge in [0, 0.05) is 23.1 Å². The van der Waals surface area contributed by atoms with Crippen molar-refractivity contribution in [2.24, 2.45) is 0 Å². The molecule has 0 atom stereocenters. The molecule has 0 unspecified atom stereocenters. The predicted octanol–water partition coefficient (Wildman–Crippen LogP) is 3.98. The highest BCUT2D eigenvalue weighted by Crippen LogP contribution is 2.30. The van der Waals surface area contributed by atoms with Crippen LogP contribution in [0.3, 0.4) is 0 Å². The molecule has 1 aromatic heterocycles. The summed E-state index contributed by atoms with van der Waals surface area (Å²) in [5, 5.41) is 10.2. The van der Waals surface area contributed by atoms with Crippen molar-refractivity contribution in [1.82, 2.24) is 0 Å². The Kier molecular flexibility index (Phi) is 4.52. The molecular weight excluding hydrogens is 380 g/mol. The van der Waals surface area contributed by atoms with E-state index >= 15 is 0 Å². The topological polar surface area (TPSA) is 86.0 Å². The zero-order valence-electron chi connectivity index (χ0n) is 12.2. The third-order valence-corrected chi connectivity index (χ3v) is 3.82. The molecule has 122 valence electrons. The first-order valence-corrected chi connectivity index (χ1v) is 7.67. The molecular formula is C17H11BrO6. The minimum atomic E-state index is -0.888. The van der Waals surface area contributed by atoms with Crippen LogP contribution in [0.25, 0.3) is 11.0 Å². The fourth-order valence-electron chi connectivity index (χ4n) is 2.11. The van der Waals surface area contributed by atoms with Gasteiger partial charge >= 0.3 is 11.8 Å². The lowest BCUT2D eigenvalue weighted by Crippen LogP contribution is -2.11. The second-order valence-electron chi connectivity index (χ2n) is 4.84. The molecule has 3 aromatic rings. The van der Waals surface area contributed by atoms with E-state index < -0.39 is 11.8 Å². The highest BCUT2D eigenvalue weighted by Gasteiger charge is 2.12. The smallest absolute Gasteiger partial charge is 0.507 e. The maximum Gasteiger partial charge on any atom is 0.514 e. The van der Waals surface area contributed by atoms with Crippen LogP contribution in [0.5, 0.6) is 11.5 Å². The summed E-state index contributed by atoms with van der Waals surface area (Å²) in [6, 6.07) is 12.6. The number of aromatic hydroxyl groups is 1. The molecule has 0 aliphatic heterocycles. The van der Waals surface area contributed by atoms with Gasteiger partial charge in [-0.05, 0) is 34.1 Å². The average Bonchev–Trinajstić information content (AvgIpc) is 2.55. The molecule has 2 aromatic carbocycles. The number of phenolic OH excluding ortho intramolecular Hbond substituents is 1. The zero-order valence-corrected chi connectivity index (χ0v) is 13.8. The Morgan fingerprint density at radius 1 is 1.17 bits per heavy atom. The Hall–Kier alpha value is -2.80. The van der Waals surface area contributed by atoms with Gasteiger partial charge in [0.2, 0.25) is 0 Å². The SMILES string of the molecule is O=C(OCc1cc(=O)oc2cc(O)c(Br)cc12)Oc1ccccc1. The molecule has 1 heterocycles. The maximum atomic E-state index is 11.7. The van der Waals surface area contributed by atoms with Crippen LogP contribution in [0.2, 0.25) is 0 Å². The van der Waals surface area contributed by atoms with Crippen molar-refractivity contribution in [3.05, 3.63) is 69.0 Å². The average molecular weight is 391 g/mol. The minimum Gasteiger partial charge on any atom is -0.507 e. The Morgan fingerprint density at radius 3 is 2.67 bits per heavy atom. The van der Waals surface area contributed by atoms with Crippen molar-refractivity contribution in [2.45, 2.75) is 6.61 Å². The van der Waals surface area contributed by atoms with E-state index in [-0.39, 0.29) is 17.9 Å². The lowest BCUT2D eigenvalue weighted by Gasteiger charge is -2.08. The van der Waals surface area contributed by atoms with Crippen LogP contribution >= 0.6 is 15.9 Å². The van der Waals surface area contributed by atoms with Crippen molar-refractivity contribution in [3.63, 3.8) is 0 Å². The van der Waals surface area contributed by atoms with Gasteiger partial charge in [-0.25, -0.2) is 9.59 Å². The summed E-state index contributed by atoms with van der Waals surface area (Å²) < 4.78 is 15.5. The van der Waals surface area contributed by atoms with Gasteiger partial charge < -0.3 is 19.0 Å². The van der Waals surface area contributed by atoms with Gasteiger partial charge in [0.1, 0.15) is 23.7 Å². The molecule has 0 amide bonds. The van der Waals surface area contributed by atoms with E-state index in [1.165, 1.54) is 12.1 Å². The Morgan fingerprint density at radius 2 is 1.92 bits per heavy atom.